The van der Waals surface area contributed by atoms with E-state index in [0.29, 0.717) is 11.7 Å². The number of nitrogens with one attached hydrogen (secondary N) is 1. The summed E-state index contributed by atoms with van der Waals surface area (Å²) in [6.45, 7) is 6.71. The van der Waals surface area contributed by atoms with Crippen LogP contribution in [-0.4, -0.2) is 44.2 Å². The number of aryl methyl sites for hydroxylation is 2. The minimum absolute atomic E-state index is 0.119. The van der Waals surface area contributed by atoms with E-state index in [9.17, 15) is 4.79 Å². The van der Waals surface area contributed by atoms with Crippen molar-refractivity contribution in [3.8, 4) is 5.82 Å². The standard InChI is InChI=1S/C24H27N5O2S/c1-15-8-7-12-26-23(15)29-16(2)14-18(17(29)3)22-21(19-9-5-6-11-25-19)27-24(32)28(22)13-10-20(30)31-4/h5-9,11-12,14,21-22H,10,13H2,1-4H3,(H,27,32)/t21-,22+/m0/s1. The van der Waals surface area contributed by atoms with Crippen LogP contribution in [0.3, 0.4) is 0 Å². The molecule has 1 aliphatic heterocycles. The number of hydrogen-bond donors (Lipinski definition) is 1. The molecule has 0 spiro atoms. The van der Waals surface area contributed by atoms with Crippen LogP contribution < -0.4 is 5.32 Å². The van der Waals surface area contributed by atoms with E-state index < -0.39 is 0 Å². The lowest BCUT2D eigenvalue weighted by molar-refractivity contribution is -0.140. The van der Waals surface area contributed by atoms with Gasteiger partial charge in [0.1, 0.15) is 5.82 Å². The zero-order chi connectivity index (χ0) is 22.8. The first-order chi connectivity index (χ1) is 15.4. The Labute approximate surface area is 193 Å². The summed E-state index contributed by atoms with van der Waals surface area (Å²) in [5, 5.41) is 4.04. The number of aromatic nitrogens is 3. The van der Waals surface area contributed by atoms with E-state index >= 15 is 0 Å². The van der Waals surface area contributed by atoms with Crippen LogP contribution in [0.25, 0.3) is 5.82 Å². The number of pyridine rings is 2. The molecule has 166 valence electrons. The number of hydrogen-bond acceptors (Lipinski definition) is 5. The van der Waals surface area contributed by atoms with Crippen LogP contribution >= 0.6 is 12.2 Å². The summed E-state index contributed by atoms with van der Waals surface area (Å²) < 4.78 is 7.04. The molecule has 0 aromatic carbocycles. The van der Waals surface area contributed by atoms with Crippen molar-refractivity contribution < 1.29 is 9.53 Å². The average Bonchev–Trinajstić information content (AvgIpc) is 3.28. The topological polar surface area (TPSA) is 72.3 Å². The van der Waals surface area contributed by atoms with Crippen LogP contribution in [0.5, 0.6) is 0 Å². The third-order valence-electron chi connectivity index (χ3n) is 5.96. The van der Waals surface area contributed by atoms with Gasteiger partial charge in [-0.25, -0.2) is 4.98 Å². The third kappa shape index (κ3) is 3.98. The first-order valence-electron chi connectivity index (χ1n) is 10.6. The van der Waals surface area contributed by atoms with Gasteiger partial charge in [-0.3, -0.25) is 9.78 Å². The fraction of sp³-hybridized carbons (Fsp3) is 0.333. The minimum Gasteiger partial charge on any atom is -0.469 e. The van der Waals surface area contributed by atoms with Gasteiger partial charge in [0.15, 0.2) is 5.11 Å². The zero-order valence-corrected chi connectivity index (χ0v) is 19.5. The van der Waals surface area contributed by atoms with E-state index in [0.717, 1.165) is 34.0 Å². The van der Waals surface area contributed by atoms with Crippen LogP contribution in [0.15, 0.2) is 48.8 Å². The maximum absolute atomic E-state index is 11.9. The van der Waals surface area contributed by atoms with Gasteiger partial charge < -0.3 is 19.5 Å². The Hall–Kier alpha value is -3.26. The van der Waals surface area contributed by atoms with Gasteiger partial charge in [-0.1, -0.05) is 12.1 Å². The Kier molecular flexibility index (Phi) is 6.23. The summed E-state index contributed by atoms with van der Waals surface area (Å²) in [7, 11) is 1.40. The predicted molar refractivity (Wildman–Crippen MR) is 127 cm³/mol. The number of esters is 1. The molecule has 0 unspecified atom stereocenters. The van der Waals surface area contributed by atoms with Gasteiger partial charge in [0.2, 0.25) is 0 Å². The van der Waals surface area contributed by atoms with Gasteiger partial charge in [0.05, 0.1) is 31.3 Å². The van der Waals surface area contributed by atoms with E-state index in [2.05, 4.69) is 57.7 Å². The molecule has 0 amide bonds. The molecule has 1 aliphatic rings. The number of nitrogens with zero attached hydrogens (tertiary/aromatic N) is 4. The average molecular weight is 450 g/mol. The van der Waals surface area contributed by atoms with E-state index in [1.807, 2.05) is 30.5 Å². The van der Waals surface area contributed by atoms with E-state index in [1.165, 1.54) is 7.11 Å². The second kappa shape index (κ2) is 9.08. The Morgan fingerprint density at radius 1 is 1.16 bits per heavy atom. The fourth-order valence-electron chi connectivity index (χ4n) is 4.42. The predicted octanol–water partition coefficient (Wildman–Crippen LogP) is 3.73. The molecular weight excluding hydrogens is 422 g/mol. The highest BCUT2D eigenvalue weighted by molar-refractivity contribution is 7.80. The molecule has 1 N–H and O–H groups in total. The van der Waals surface area contributed by atoms with Gasteiger partial charge in [-0.2, -0.15) is 0 Å². The largest absolute Gasteiger partial charge is 0.469 e. The van der Waals surface area contributed by atoms with Gasteiger partial charge in [-0.05, 0) is 68.4 Å². The Morgan fingerprint density at radius 2 is 1.94 bits per heavy atom. The van der Waals surface area contributed by atoms with E-state index in [-0.39, 0.29) is 24.5 Å². The molecular formula is C24H27N5O2S. The lowest BCUT2D eigenvalue weighted by atomic mass is 9.96. The molecule has 3 aromatic rings. The summed E-state index contributed by atoms with van der Waals surface area (Å²) >= 11 is 5.70. The molecule has 1 fully saturated rings. The Bertz CT molecular complexity index is 1140. The van der Waals surface area contributed by atoms with Crippen LogP contribution in [0.4, 0.5) is 0 Å². The molecule has 32 heavy (non-hydrogen) atoms. The summed E-state index contributed by atoms with van der Waals surface area (Å²) in [6.07, 6.45) is 3.85. The Morgan fingerprint density at radius 3 is 2.62 bits per heavy atom. The normalized spacial score (nSPS) is 18.0. The van der Waals surface area contributed by atoms with E-state index in [4.69, 9.17) is 17.0 Å². The second-order valence-corrected chi connectivity index (χ2v) is 8.34. The van der Waals surface area contributed by atoms with Gasteiger partial charge in [0.25, 0.3) is 0 Å². The minimum atomic E-state index is -0.262. The Balaban J connectivity index is 1.81. The number of rotatable bonds is 6. The monoisotopic (exact) mass is 449 g/mol. The quantitative estimate of drug-likeness (QED) is 0.454. The zero-order valence-electron chi connectivity index (χ0n) is 18.7. The van der Waals surface area contributed by atoms with Gasteiger partial charge in [-0.15, -0.1) is 0 Å². The maximum Gasteiger partial charge on any atom is 0.307 e. The number of carbonyl (C=O) groups excluding carboxylic acids is 1. The number of carbonyl (C=O) groups is 1. The summed E-state index contributed by atoms with van der Waals surface area (Å²) in [5.74, 6) is 0.653. The number of thiocarbonyl (C=S) groups is 1. The van der Waals surface area contributed by atoms with Crippen molar-refractivity contribution in [1.82, 2.24) is 24.8 Å². The van der Waals surface area contributed by atoms with Gasteiger partial charge >= 0.3 is 5.97 Å². The van der Waals surface area contributed by atoms with Crippen molar-refractivity contribution in [2.24, 2.45) is 0 Å². The molecule has 2 atom stereocenters. The third-order valence-corrected chi connectivity index (χ3v) is 6.32. The molecule has 0 radical (unpaired) electrons. The lowest BCUT2D eigenvalue weighted by Gasteiger charge is -2.28. The number of ether oxygens (including phenoxy) is 1. The number of methoxy groups -OCH3 is 1. The molecule has 4 heterocycles. The highest BCUT2D eigenvalue weighted by Crippen LogP contribution is 2.41. The fourth-order valence-corrected chi connectivity index (χ4v) is 4.75. The first kappa shape index (κ1) is 22.0. The molecule has 0 aliphatic carbocycles. The van der Waals surface area contributed by atoms with Crippen molar-refractivity contribution in [2.75, 3.05) is 13.7 Å². The molecule has 7 nitrogen and oxygen atoms in total. The maximum atomic E-state index is 11.9. The van der Waals surface area contributed by atoms with Crippen molar-refractivity contribution in [2.45, 2.75) is 39.3 Å². The SMILES string of the molecule is COC(=O)CCN1C(=S)N[C@@H](c2ccccn2)[C@H]1c1cc(C)n(-c2ncccc2C)c1C. The van der Waals surface area contributed by atoms with Crippen molar-refractivity contribution in [3.05, 3.63) is 77.0 Å². The molecule has 0 saturated carbocycles. The second-order valence-electron chi connectivity index (χ2n) is 7.95. The lowest BCUT2D eigenvalue weighted by Crippen LogP contribution is -2.32. The van der Waals surface area contributed by atoms with Crippen molar-refractivity contribution >= 4 is 23.3 Å². The van der Waals surface area contributed by atoms with E-state index in [1.54, 1.807) is 6.20 Å². The van der Waals surface area contributed by atoms with Crippen molar-refractivity contribution in [1.29, 1.82) is 0 Å². The van der Waals surface area contributed by atoms with Crippen LogP contribution in [0, 0.1) is 20.8 Å². The van der Waals surface area contributed by atoms with Gasteiger partial charge in [0, 0.05) is 30.3 Å². The molecule has 1 saturated heterocycles. The smallest absolute Gasteiger partial charge is 0.307 e. The molecule has 0 bridgehead atoms. The molecule has 8 heteroatoms. The highest BCUT2D eigenvalue weighted by Gasteiger charge is 2.41. The summed E-state index contributed by atoms with van der Waals surface area (Å²) in [6, 6.07) is 11.8. The summed E-state index contributed by atoms with van der Waals surface area (Å²) in [5.41, 5.74) is 5.30. The van der Waals surface area contributed by atoms with Crippen LogP contribution in [0.2, 0.25) is 0 Å². The highest BCUT2D eigenvalue weighted by atomic mass is 32.1. The van der Waals surface area contributed by atoms with Crippen molar-refractivity contribution in [3.63, 3.8) is 0 Å². The van der Waals surface area contributed by atoms with Crippen LogP contribution in [-0.2, 0) is 9.53 Å². The first-order valence-corrected chi connectivity index (χ1v) is 11.0. The summed E-state index contributed by atoms with van der Waals surface area (Å²) in [4.78, 5) is 23.2. The van der Waals surface area contributed by atoms with Crippen LogP contribution in [0.1, 0.15) is 46.7 Å². The molecule has 4 rings (SSSR count). The molecule has 3 aromatic heterocycles.